The molecule has 2 aromatic heterocycles. The standard InChI is InChI=1S/C16H18ClN5O.C16H15ClN4.ClH.H4NO/c17-13-12(10-11-6-2-1-3-7-11)16(22-8-4-5-9-22)20-15(19-13)14(18)21-23;17-15-13(10-12-6-2-1-3-7-12)16(20-14(11-18)19-15)21-8-4-5-9-21;;1-2/h1-3,6-7,23H,4-5,8-10H2,(H2,18,21);1-3,6-7H,4-5,8-10H2;1H;2H,1H3/q;;;+1/p-1. The first-order valence-corrected chi connectivity index (χ1v) is 15.6. The fourth-order valence-corrected chi connectivity index (χ4v) is 5.85. The van der Waals surface area contributed by atoms with E-state index in [4.69, 9.17) is 44.6 Å². The van der Waals surface area contributed by atoms with Gasteiger partial charge in [0.1, 0.15) is 28.0 Å². The van der Waals surface area contributed by atoms with Crippen LogP contribution in [-0.2, 0) is 12.8 Å². The molecule has 2 aliphatic heterocycles. The molecule has 0 atom stereocenters. The third kappa shape index (κ3) is 9.87. The lowest BCUT2D eigenvalue weighted by molar-refractivity contribution is -0.670. The molecule has 0 aliphatic carbocycles. The predicted octanol–water partition coefficient (Wildman–Crippen LogP) is 1.23. The number of oxime groups is 1. The molecule has 2 fully saturated rings. The van der Waals surface area contributed by atoms with Gasteiger partial charge >= 0.3 is 0 Å². The largest absolute Gasteiger partial charge is 1.00 e. The monoisotopic (exact) mass is 698 g/mol. The van der Waals surface area contributed by atoms with Gasteiger partial charge in [0, 0.05) is 50.1 Å². The highest BCUT2D eigenvalue weighted by molar-refractivity contribution is 6.31. The summed E-state index contributed by atoms with van der Waals surface area (Å²) in [6.07, 6.45) is 5.85. The van der Waals surface area contributed by atoms with Gasteiger partial charge in [-0.15, -0.1) is 0 Å². The molecule has 15 heteroatoms. The number of nitriles is 1. The van der Waals surface area contributed by atoms with E-state index in [1.807, 2.05) is 54.6 Å². The maximum atomic E-state index is 9.06. The van der Waals surface area contributed by atoms with Crippen molar-refractivity contribution in [1.29, 1.82) is 5.26 Å². The van der Waals surface area contributed by atoms with Crippen molar-refractivity contribution in [3.05, 3.63) is 105 Å². The fraction of sp³-hybridized carbons (Fsp3) is 0.312. The maximum Gasteiger partial charge on any atom is 0.235 e. The zero-order valence-electron chi connectivity index (χ0n) is 25.7. The molecule has 0 spiro atoms. The van der Waals surface area contributed by atoms with Crippen molar-refractivity contribution in [2.45, 2.75) is 38.5 Å². The molecule has 0 amide bonds. The van der Waals surface area contributed by atoms with Crippen molar-refractivity contribution in [2.24, 2.45) is 10.9 Å². The molecule has 4 aromatic rings. The van der Waals surface area contributed by atoms with Gasteiger partial charge in [-0.3, -0.25) is 0 Å². The summed E-state index contributed by atoms with van der Waals surface area (Å²) in [5, 5.41) is 28.4. The van der Waals surface area contributed by atoms with Gasteiger partial charge in [-0.05, 0) is 36.8 Å². The van der Waals surface area contributed by atoms with E-state index in [2.05, 4.69) is 52.9 Å². The van der Waals surface area contributed by atoms with Crippen LogP contribution in [0.1, 0.15) is 59.6 Å². The first-order chi connectivity index (χ1) is 22.5. The molecule has 4 heterocycles. The smallest absolute Gasteiger partial charge is 0.235 e. The van der Waals surface area contributed by atoms with Crippen molar-refractivity contribution in [3.63, 3.8) is 0 Å². The summed E-state index contributed by atoms with van der Waals surface area (Å²) in [6, 6.07) is 22.1. The Labute approximate surface area is 290 Å². The number of halogens is 3. The van der Waals surface area contributed by atoms with Crippen LogP contribution < -0.4 is 33.8 Å². The Balaban J connectivity index is 0.000000239. The topological polar surface area (TPSA) is 188 Å². The number of benzene rings is 2. The SMILES string of the molecule is N#Cc1nc(Cl)c(Cc2ccccc2)c(N2CCCC2)n1.N/C(=N\O)c1nc(Cl)c(Cc2ccccc2)c(N2CCCC2)n1.[Cl-].[NH3+]O. The third-order valence-corrected chi connectivity index (χ3v) is 8.19. The van der Waals surface area contributed by atoms with Crippen LogP contribution in [0.5, 0.6) is 0 Å². The molecule has 248 valence electrons. The molecule has 0 bridgehead atoms. The van der Waals surface area contributed by atoms with Crippen molar-refractivity contribution in [3.8, 4) is 6.07 Å². The number of nitrogens with two attached hydrogens (primary N) is 1. The Bertz CT molecular complexity index is 1640. The Kier molecular flexibility index (Phi) is 14.9. The van der Waals surface area contributed by atoms with E-state index >= 15 is 0 Å². The average molecular weight is 700 g/mol. The van der Waals surface area contributed by atoms with E-state index < -0.39 is 0 Å². The Hall–Kier alpha value is -4.25. The van der Waals surface area contributed by atoms with E-state index in [0.717, 1.165) is 85.8 Å². The number of quaternary nitrogens is 1. The molecule has 47 heavy (non-hydrogen) atoms. The van der Waals surface area contributed by atoms with Crippen LogP contribution in [0, 0.1) is 11.3 Å². The van der Waals surface area contributed by atoms with E-state index in [9.17, 15) is 0 Å². The van der Waals surface area contributed by atoms with Gasteiger partial charge in [-0.2, -0.15) is 5.26 Å². The van der Waals surface area contributed by atoms with E-state index in [0.29, 0.717) is 23.1 Å². The first kappa shape index (κ1) is 37.2. The molecular formula is C32H37Cl3N10O2. The Morgan fingerprint density at radius 1 is 0.766 bits per heavy atom. The predicted molar refractivity (Wildman–Crippen MR) is 177 cm³/mol. The second kappa shape index (κ2) is 18.8. The number of hydrogen-bond donors (Lipinski definition) is 4. The van der Waals surface area contributed by atoms with Crippen molar-refractivity contribution in [2.75, 3.05) is 36.0 Å². The highest BCUT2D eigenvalue weighted by atomic mass is 35.5. The summed E-state index contributed by atoms with van der Waals surface area (Å²) in [5.74, 6) is 3.98. The van der Waals surface area contributed by atoms with Crippen LogP contribution in [0.4, 0.5) is 11.6 Å². The summed E-state index contributed by atoms with van der Waals surface area (Å²) in [4.78, 5) is 21.5. The zero-order valence-corrected chi connectivity index (χ0v) is 28.0. The highest BCUT2D eigenvalue weighted by Crippen LogP contribution is 2.31. The molecule has 0 unspecified atom stereocenters. The lowest BCUT2D eigenvalue weighted by atomic mass is 10.1. The summed E-state index contributed by atoms with van der Waals surface area (Å²) in [7, 11) is 0. The molecule has 2 saturated heterocycles. The van der Waals surface area contributed by atoms with Gasteiger partial charge in [0.05, 0.1) is 0 Å². The summed E-state index contributed by atoms with van der Waals surface area (Å²) in [6.45, 7) is 3.76. The van der Waals surface area contributed by atoms with Crippen LogP contribution in [-0.4, -0.2) is 62.4 Å². The molecular weight excluding hydrogens is 663 g/mol. The molecule has 2 aromatic carbocycles. The number of rotatable bonds is 7. The minimum absolute atomic E-state index is 0. The lowest BCUT2D eigenvalue weighted by Gasteiger charge is -2.21. The second-order valence-corrected chi connectivity index (χ2v) is 11.3. The van der Waals surface area contributed by atoms with Gasteiger partial charge in [0.25, 0.3) is 0 Å². The number of anilines is 2. The van der Waals surface area contributed by atoms with Crippen LogP contribution in [0.2, 0.25) is 10.3 Å². The minimum atomic E-state index is -0.140. The molecule has 0 saturated carbocycles. The highest BCUT2D eigenvalue weighted by Gasteiger charge is 2.23. The molecule has 6 rings (SSSR count). The van der Waals surface area contributed by atoms with Gasteiger partial charge in [-0.1, -0.05) is 89.0 Å². The van der Waals surface area contributed by atoms with Gasteiger partial charge in [-0.25, -0.2) is 31.0 Å². The quantitative estimate of drug-likeness (QED) is 0.0718. The Morgan fingerprint density at radius 2 is 1.19 bits per heavy atom. The van der Waals surface area contributed by atoms with Gasteiger partial charge < -0.3 is 33.1 Å². The fourth-order valence-electron chi connectivity index (χ4n) is 5.39. The van der Waals surface area contributed by atoms with Crippen LogP contribution in [0.3, 0.4) is 0 Å². The third-order valence-electron chi connectivity index (χ3n) is 7.57. The van der Waals surface area contributed by atoms with E-state index in [-0.39, 0.29) is 29.9 Å². The first-order valence-electron chi connectivity index (χ1n) is 14.9. The zero-order chi connectivity index (χ0) is 32.9. The van der Waals surface area contributed by atoms with Crippen LogP contribution >= 0.6 is 23.2 Å². The number of nitrogens with zero attached hydrogens (tertiary/aromatic N) is 8. The van der Waals surface area contributed by atoms with E-state index in [1.54, 1.807) is 0 Å². The second-order valence-electron chi connectivity index (χ2n) is 10.6. The van der Waals surface area contributed by atoms with Crippen molar-refractivity contribution >= 4 is 40.7 Å². The number of amidine groups is 1. The van der Waals surface area contributed by atoms with Crippen molar-refractivity contribution < 1.29 is 28.7 Å². The molecule has 0 radical (unpaired) electrons. The summed E-state index contributed by atoms with van der Waals surface area (Å²) >= 11 is 12.7. The molecule has 2 aliphatic rings. The number of aromatic nitrogens is 4. The molecule has 7 N–H and O–H groups in total. The van der Waals surface area contributed by atoms with Gasteiger partial charge in [0.2, 0.25) is 17.5 Å². The number of hydrogen-bond acceptors (Lipinski definition) is 10. The Morgan fingerprint density at radius 3 is 1.62 bits per heavy atom. The van der Waals surface area contributed by atoms with Crippen LogP contribution in [0.25, 0.3) is 0 Å². The normalized spacial score (nSPS) is 13.9. The maximum absolute atomic E-state index is 9.06. The average Bonchev–Trinajstić information content (AvgIpc) is 3.84. The van der Waals surface area contributed by atoms with Gasteiger partial charge in [0.15, 0.2) is 0 Å². The van der Waals surface area contributed by atoms with E-state index in [1.165, 1.54) is 0 Å². The molecule has 12 nitrogen and oxygen atoms in total. The minimum Gasteiger partial charge on any atom is -1.00 e. The van der Waals surface area contributed by atoms with Crippen LogP contribution in [0.15, 0.2) is 65.8 Å². The summed E-state index contributed by atoms with van der Waals surface area (Å²) in [5.41, 5.74) is 9.70. The lowest BCUT2D eigenvalue weighted by Crippen LogP contribution is -3.00. The summed E-state index contributed by atoms with van der Waals surface area (Å²) < 4.78 is 0. The van der Waals surface area contributed by atoms with Crippen molar-refractivity contribution in [1.82, 2.24) is 19.9 Å².